The van der Waals surface area contributed by atoms with E-state index in [-0.39, 0.29) is 37.2 Å². The van der Waals surface area contributed by atoms with Crippen LogP contribution in [0.5, 0.6) is 0 Å². The van der Waals surface area contributed by atoms with Gasteiger partial charge in [0.2, 0.25) is 0 Å². The average Bonchev–Trinajstić information content (AvgIpc) is 3.07. The second-order valence-corrected chi connectivity index (χ2v) is 11.2. The third-order valence-electron chi connectivity index (χ3n) is 6.25. The number of nitro groups is 2. The van der Waals surface area contributed by atoms with Gasteiger partial charge < -0.3 is 0 Å². The molecule has 2 aromatic rings. The van der Waals surface area contributed by atoms with Crippen LogP contribution in [-0.2, 0) is 16.1 Å². The minimum absolute atomic E-state index is 0.0376. The number of benzene rings is 2. The van der Waals surface area contributed by atoms with Gasteiger partial charge in [-0.3, -0.25) is 34.6 Å². The number of hydrogen-bond acceptors (Lipinski definition) is 7. The summed E-state index contributed by atoms with van der Waals surface area (Å²) in [5, 5.41) is 24.4. The van der Waals surface area contributed by atoms with Crippen molar-refractivity contribution in [1.29, 1.82) is 0 Å². The van der Waals surface area contributed by atoms with E-state index in [0.29, 0.717) is 12.8 Å². The average molecular weight is 645 g/mol. The van der Waals surface area contributed by atoms with Crippen LogP contribution in [0.4, 0.5) is 11.4 Å². The van der Waals surface area contributed by atoms with Gasteiger partial charge in [-0.05, 0) is 37.1 Å². The van der Waals surface area contributed by atoms with E-state index in [0.717, 1.165) is 28.2 Å². The molecule has 4 atom stereocenters. The quantitative estimate of drug-likeness (QED) is 0.193. The van der Waals surface area contributed by atoms with Gasteiger partial charge in [0.05, 0.1) is 33.8 Å². The zero-order valence-corrected chi connectivity index (χ0v) is 22.2. The second-order valence-electron chi connectivity index (χ2n) is 8.40. The van der Waals surface area contributed by atoms with Crippen LogP contribution in [0.2, 0.25) is 5.02 Å². The van der Waals surface area contributed by atoms with Gasteiger partial charge in [0.25, 0.3) is 29.1 Å². The standard InChI is InChI=1S/C22H17Br2ClN4O7/c23-17-8-15-16(9-18(17)24)22(32)27(21(15)31)26(10-12-1-4-13(25)7-19(12)29(35)36)20(30)11-2-5-14(6-3-11)28(33)34/h1-7,15-18H,8-10H2/t15-,16+,17-,18-/m0/s1. The molecule has 0 aromatic heterocycles. The first-order chi connectivity index (χ1) is 17.0. The fraction of sp³-hybridized carbons (Fsp3) is 0.318. The molecule has 1 saturated carbocycles. The Labute approximate surface area is 225 Å². The Morgan fingerprint density at radius 2 is 1.53 bits per heavy atom. The summed E-state index contributed by atoms with van der Waals surface area (Å²) >= 11 is 12.9. The van der Waals surface area contributed by atoms with Crippen LogP contribution in [0, 0.1) is 32.1 Å². The van der Waals surface area contributed by atoms with Gasteiger partial charge in [0, 0.05) is 38.4 Å². The number of nitro benzene ring substituents is 2. The fourth-order valence-corrected chi connectivity index (χ4v) is 5.83. The minimum atomic E-state index is -0.819. The highest BCUT2D eigenvalue weighted by atomic mass is 79.9. The minimum Gasteiger partial charge on any atom is -0.272 e. The molecule has 188 valence electrons. The van der Waals surface area contributed by atoms with Gasteiger partial charge in [-0.1, -0.05) is 43.5 Å². The first-order valence-electron chi connectivity index (χ1n) is 10.6. The number of carbonyl (C=O) groups is 3. The normalized spacial score (nSPS) is 23.4. The van der Waals surface area contributed by atoms with Crippen LogP contribution >= 0.6 is 43.5 Å². The molecule has 0 bridgehead atoms. The molecule has 2 aromatic carbocycles. The summed E-state index contributed by atoms with van der Waals surface area (Å²) in [6.07, 6.45) is 0.727. The van der Waals surface area contributed by atoms with Crippen molar-refractivity contribution in [2.24, 2.45) is 11.8 Å². The highest BCUT2D eigenvalue weighted by Gasteiger charge is 2.54. The molecule has 3 amide bonds. The lowest BCUT2D eigenvalue weighted by molar-refractivity contribution is -0.385. The van der Waals surface area contributed by atoms with Crippen LogP contribution in [0.25, 0.3) is 0 Å². The summed E-state index contributed by atoms with van der Waals surface area (Å²) in [7, 11) is 0. The number of carbonyl (C=O) groups excluding carboxylic acids is 3. The number of fused-ring (bicyclic) bond motifs is 1. The van der Waals surface area contributed by atoms with Crippen LogP contribution in [-0.4, -0.2) is 47.2 Å². The van der Waals surface area contributed by atoms with Crippen LogP contribution in [0.1, 0.15) is 28.8 Å². The molecule has 0 radical (unpaired) electrons. The van der Waals surface area contributed by atoms with Crippen molar-refractivity contribution < 1.29 is 24.2 Å². The number of imide groups is 1. The number of nitrogens with zero attached hydrogens (tertiary/aromatic N) is 4. The van der Waals surface area contributed by atoms with Crippen molar-refractivity contribution in [3.8, 4) is 0 Å². The van der Waals surface area contributed by atoms with E-state index in [1.807, 2.05) is 0 Å². The monoisotopic (exact) mass is 642 g/mol. The van der Waals surface area contributed by atoms with Gasteiger partial charge in [0.1, 0.15) is 0 Å². The molecule has 4 rings (SSSR count). The summed E-state index contributed by atoms with van der Waals surface area (Å²) in [6.45, 7) is -0.476. The molecule has 14 heteroatoms. The number of rotatable bonds is 6. The molecule has 2 fully saturated rings. The third-order valence-corrected chi connectivity index (χ3v) is 9.22. The topological polar surface area (TPSA) is 144 Å². The molecular weight excluding hydrogens is 628 g/mol. The van der Waals surface area contributed by atoms with Crippen LogP contribution in [0.3, 0.4) is 0 Å². The molecule has 11 nitrogen and oxygen atoms in total. The van der Waals surface area contributed by atoms with E-state index in [9.17, 15) is 34.6 Å². The maximum Gasteiger partial charge on any atom is 0.275 e. The zero-order valence-electron chi connectivity index (χ0n) is 18.3. The number of hydrazine groups is 1. The third kappa shape index (κ3) is 4.87. The second kappa shape index (κ2) is 10.2. The molecule has 1 heterocycles. The van der Waals surface area contributed by atoms with E-state index in [1.54, 1.807) is 0 Å². The maximum absolute atomic E-state index is 13.6. The molecule has 36 heavy (non-hydrogen) atoms. The van der Waals surface area contributed by atoms with Crippen molar-refractivity contribution in [2.45, 2.75) is 29.0 Å². The zero-order chi connectivity index (χ0) is 26.3. The molecular formula is C22H17Br2ClN4O7. The Bertz CT molecular complexity index is 1250. The van der Waals surface area contributed by atoms with Crippen molar-refractivity contribution in [3.05, 3.63) is 78.8 Å². The van der Waals surface area contributed by atoms with E-state index >= 15 is 0 Å². The summed E-state index contributed by atoms with van der Waals surface area (Å²) in [6, 6.07) is 8.50. The highest BCUT2D eigenvalue weighted by Crippen LogP contribution is 2.44. The van der Waals surface area contributed by atoms with E-state index in [1.165, 1.54) is 24.3 Å². The first kappa shape index (κ1) is 26.2. The maximum atomic E-state index is 13.6. The molecule has 1 aliphatic carbocycles. The van der Waals surface area contributed by atoms with Gasteiger partial charge in [-0.25, -0.2) is 5.01 Å². The van der Waals surface area contributed by atoms with Gasteiger partial charge in [-0.2, -0.15) is 5.01 Å². The lowest BCUT2D eigenvalue weighted by atomic mass is 9.81. The number of amides is 3. The Hall–Kier alpha value is -2.90. The summed E-state index contributed by atoms with van der Waals surface area (Å²) in [4.78, 5) is 61.6. The summed E-state index contributed by atoms with van der Waals surface area (Å²) in [5.74, 6) is -3.31. The lowest BCUT2D eigenvalue weighted by Gasteiger charge is -2.30. The Morgan fingerprint density at radius 3 is 2.03 bits per heavy atom. The Kier molecular flexibility index (Phi) is 7.43. The number of non-ortho nitro benzene ring substituents is 1. The molecule has 0 unspecified atom stereocenters. The van der Waals surface area contributed by atoms with Crippen molar-refractivity contribution >= 4 is 72.6 Å². The van der Waals surface area contributed by atoms with Gasteiger partial charge in [-0.15, -0.1) is 0 Å². The first-order valence-corrected chi connectivity index (χ1v) is 12.9. The number of alkyl halides is 2. The smallest absolute Gasteiger partial charge is 0.272 e. The molecule has 1 saturated heterocycles. The molecule has 0 N–H and O–H groups in total. The SMILES string of the molecule is O=C(c1ccc([N+](=O)[O-])cc1)N(Cc1ccc(Cl)cc1[N+](=O)[O-])N1C(=O)[C@H]2C[C@H](Br)[C@@H](Br)C[C@H]2C1=O. The number of halogens is 3. The largest absolute Gasteiger partial charge is 0.275 e. The molecule has 0 spiro atoms. The van der Waals surface area contributed by atoms with E-state index in [4.69, 9.17) is 11.6 Å². The van der Waals surface area contributed by atoms with E-state index in [2.05, 4.69) is 31.9 Å². The van der Waals surface area contributed by atoms with Crippen LogP contribution < -0.4 is 0 Å². The summed E-state index contributed by atoms with van der Waals surface area (Å²) in [5.41, 5.74) is -0.629. The lowest BCUT2D eigenvalue weighted by Crippen LogP contribution is -2.49. The Balaban J connectivity index is 1.76. The summed E-state index contributed by atoms with van der Waals surface area (Å²) < 4.78 is 0. The van der Waals surface area contributed by atoms with Gasteiger partial charge in [0.15, 0.2) is 0 Å². The van der Waals surface area contributed by atoms with E-state index < -0.39 is 45.9 Å². The predicted octanol–water partition coefficient (Wildman–Crippen LogP) is 4.64. The molecule has 2 aliphatic rings. The fourth-order valence-electron chi connectivity index (χ4n) is 4.43. The van der Waals surface area contributed by atoms with Gasteiger partial charge >= 0.3 is 0 Å². The van der Waals surface area contributed by atoms with Crippen molar-refractivity contribution in [2.75, 3.05) is 0 Å². The van der Waals surface area contributed by atoms with Crippen molar-refractivity contribution in [1.82, 2.24) is 10.0 Å². The Morgan fingerprint density at radius 1 is 0.972 bits per heavy atom. The number of hydrogen-bond donors (Lipinski definition) is 0. The van der Waals surface area contributed by atoms with Crippen molar-refractivity contribution in [3.63, 3.8) is 0 Å². The predicted molar refractivity (Wildman–Crippen MR) is 135 cm³/mol. The molecule has 1 aliphatic heterocycles. The highest BCUT2D eigenvalue weighted by molar-refractivity contribution is 9.12. The van der Waals surface area contributed by atoms with Crippen LogP contribution in [0.15, 0.2) is 42.5 Å².